The van der Waals surface area contributed by atoms with Gasteiger partial charge in [-0.15, -0.1) is 0 Å². The molecule has 116 valence electrons. The van der Waals surface area contributed by atoms with Gasteiger partial charge in [0.25, 0.3) is 0 Å². The van der Waals surface area contributed by atoms with Crippen LogP contribution >= 0.6 is 0 Å². The van der Waals surface area contributed by atoms with Crippen LogP contribution in [0.15, 0.2) is 30.3 Å². The molecule has 22 heavy (non-hydrogen) atoms. The van der Waals surface area contributed by atoms with Gasteiger partial charge in [0.15, 0.2) is 5.69 Å². The molecule has 0 aliphatic carbocycles. The second kappa shape index (κ2) is 7.02. The summed E-state index contributed by atoms with van der Waals surface area (Å²) in [5.41, 5.74) is 2.28. The first-order valence-corrected chi connectivity index (χ1v) is 7.45. The second-order valence-corrected chi connectivity index (χ2v) is 5.17. The van der Waals surface area contributed by atoms with Gasteiger partial charge in [-0.1, -0.05) is 29.8 Å². The van der Waals surface area contributed by atoms with Gasteiger partial charge in [-0.2, -0.15) is 0 Å². The van der Waals surface area contributed by atoms with Crippen LogP contribution in [0.3, 0.4) is 0 Å². The minimum absolute atomic E-state index is 0.0413. The maximum absolute atomic E-state index is 11.3. The van der Waals surface area contributed by atoms with Crippen molar-refractivity contribution in [2.75, 3.05) is 18.0 Å². The number of carbonyl (C=O) groups is 1. The molecule has 2 aromatic rings. The fourth-order valence-electron chi connectivity index (χ4n) is 2.39. The molecule has 1 N–H and O–H groups in total. The zero-order valence-corrected chi connectivity index (χ0v) is 13.2. The molecule has 0 unspecified atom stereocenters. The van der Waals surface area contributed by atoms with E-state index in [9.17, 15) is 9.90 Å². The predicted octanol–water partition coefficient (Wildman–Crippen LogP) is 2.92. The van der Waals surface area contributed by atoms with Gasteiger partial charge >= 0.3 is 5.97 Å². The van der Waals surface area contributed by atoms with E-state index in [0.717, 1.165) is 24.2 Å². The van der Waals surface area contributed by atoms with E-state index < -0.39 is 5.97 Å². The van der Waals surface area contributed by atoms with Crippen molar-refractivity contribution in [2.24, 2.45) is 0 Å². The lowest BCUT2D eigenvalue weighted by Crippen LogP contribution is -2.24. The molecule has 0 atom stereocenters. The molecule has 0 aliphatic rings. The number of aromatic carboxylic acids is 1. The first-order chi connectivity index (χ1) is 10.5. The fourth-order valence-corrected chi connectivity index (χ4v) is 2.39. The van der Waals surface area contributed by atoms with Crippen LogP contribution in [0, 0.1) is 6.92 Å². The smallest absolute Gasteiger partial charge is 0.354 e. The Morgan fingerprint density at radius 3 is 2.50 bits per heavy atom. The Balaban J connectivity index is 2.39. The molecule has 5 nitrogen and oxygen atoms in total. The SMILES string of the molecule is CCN(CC)c1cc(C(=O)O)nc(Cc2cccc(C)c2)n1. The molecule has 2 rings (SSSR count). The first kappa shape index (κ1) is 15.9. The lowest BCUT2D eigenvalue weighted by molar-refractivity contribution is 0.0690. The number of benzene rings is 1. The lowest BCUT2D eigenvalue weighted by Gasteiger charge is -2.20. The van der Waals surface area contributed by atoms with E-state index >= 15 is 0 Å². The number of aromatic nitrogens is 2. The zero-order valence-electron chi connectivity index (χ0n) is 13.2. The van der Waals surface area contributed by atoms with Crippen molar-refractivity contribution < 1.29 is 9.90 Å². The summed E-state index contributed by atoms with van der Waals surface area (Å²) in [7, 11) is 0. The maximum Gasteiger partial charge on any atom is 0.354 e. The Morgan fingerprint density at radius 1 is 1.18 bits per heavy atom. The summed E-state index contributed by atoms with van der Waals surface area (Å²) in [5.74, 6) is 0.175. The van der Waals surface area contributed by atoms with E-state index in [4.69, 9.17) is 0 Å². The van der Waals surface area contributed by atoms with Crippen molar-refractivity contribution in [3.8, 4) is 0 Å². The number of anilines is 1. The molecule has 1 aromatic heterocycles. The quantitative estimate of drug-likeness (QED) is 0.888. The summed E-state index contributed by atoms with van der Waals surface area (Å²) in [4.78, 5) is 22.0. The van der Waals surface area contributed by atoms with Gasteiger partial charge in [-0.3, -0.25) is 0 Å². The van der Waals surface area contributed by atoms with Gasteiger partial charge in [0.1, 0.15) is 11.6 Å². The van der Waals surface area contributed by atoms with Crippen LogP contribution in [-0.2, 0) is 6.42 Å². The van der Waals surface area contributed by atoms with Crippen molar-refractivity contribution in [2.45, 2.75) is 27.2 Å². The van der Waals surface area contributed by atoms with E-state index in [-0.39, 0.29) is 5.69 Å². The molecule has 0 spiro atoms. The summed E-state index contributed by atoms with van der Waals surface area (Å²) in [6.45, 7) is 7.62. The highest BCUT2D eigenvalue weighted by Crippen LogP contribution is 2.15. The molecule has 0 fully saturated rings. The number of aryl methyl sites for hydroxylation is 1. The van der Waals surface area contributed by atoms with Gasteiger partial charge in [0.05, 0.1) is 0 Å². The third-order valence-electron chi connectivity index (χ3n) is 3.51. The Hall–Kier alpha value is -2.43. The average Bonchev–Trinajstić information content (AvgIpc) is 2.48. The minimum atomic E-state index is -1.03. The molecular weight excluding hydrogens is 278 g/mol. The Morgan fingerprint density at radius 2 is 1.91 bits per heavy atom. The van der Waals surface area contributed by atoms with E-state index in [2.05, 4.69) is 16.0 Å². The summed E-state index contributed by atoms with van der Waals surface area (Å²) >= 11 is 0. The van der Waals surface area contributed by atoms with Crippen molar-refractivity contribution in [1.82, 2.24) is 9.97 Å². The standard InChI is InChI=1S/C17H21N3O2/c1-4-20(5-2)16-11-14(17(21)22)18-15(19-16)10-13-8-6-7-12(3)9-13/h6-9,11H,4-5,10H2,1-3H3,(H,21,22). The molecule has 0 radical (unpaired) electrons. The van der Waals surface area contributed by atoms with Gasteiger partial charge in [0.2, 0.25) is 0 Å². The highest BCUT2D eigenvalue weighted by Gasteiger charge is 2.13. The summed E-state index contributed by atoms with van der Waals surface area (Å²) < 4.78 is 0. The van der Waals surface area contributed by atoms with Crippen molar-refractivity contribution in [1.29, 1.82) is 0 Å². The van der Waals surface area contributed by atoms with Gasteiger partial charge in [0, 0.05) is 25.6 Å². The van der Waals surface area contributed by atoms with Gasteiger partial charge in [-0.25, -0.2) is 14.8 Å². The normalized spacial score (nSPS) is 10.5. The second-order valence-electron chi connectivity index (χ2n) is 5.17. The van der Waals surface area contributed by atoms with Crippen LogP contribution in [0.1, 0.15) is 41.3 Å². The van der Waals surface area contributed by atoms with Crippen LogP contribution in [0.5, 0.6) is 0 Å². The topological polar surface area (TPSA) is 66.3 Å². The molecule has 5 heteroatoms. The van der Waals surface area contributed by atoms with E-state index in [0.29, 0.717) is 18.1 Å². The van der Waals surface area contributed by atoms with E-state index in [1.807, 2.05) is 43.9 Å². The highest BCUT2D eigenvalue weighted by atomic mass is 16.4. The molecule has 0 saturated carbocycles. The van der Waals surface area contributed by atoms with Crippen molar-refractivity contribution in [3.63, 3.8) is 0 Å². The number of hydrogen-bond donors (Lipinski definition) is 1. The highest BCUT2D eigenvalue weighted by molar-refractivity contribution is 5.86. The number of rotatable bonds is 6. The van der Waals surface area contributed by atoms with Crippen LogP contribution in [0.25, 0.3) is 0 Å². The fraction of sp³-hybridized carbons (Fsp3) is 0.353. The third-order valence-corrected chi connectivity index (χ3v) is 3.51. The Kier molecular flexibility index (Phi) is 5.09. The minimum Gasteiger partial charge on any atom is -0.477 e. The predicted molar refractivity (Wildman–Crippen MR) is 86.5 cm³/mol. The summed E-state index contributed by atoms with van der Waals surface area (Å²) in [6, 6.07) is 9.61. The molecule has 1 aromatic carbocycles. The number of carboxylic acid groups (broad SMARTS) is 1. The molecule has 0 amide bonds. The average molecular weight is 299 g/mol. The van der Waals surface area contributed by atoms with Crippen LogP contribution < -0.4 is 4.90 Å². The first-order valence-electron chi connectivity index (χ1n) is 7.45. The molecule has 0 aliphatic heterocycles. The lowest BCUT2D eigenvalue weighted by atomic mass is 10.1. The third kappa shape index (κ3) is 3.81. The molecule has 1 heterocycles. The summed E-state index contributed by atoms with van der Waals surface area (Å²) in [5, 5.41) is 9.26. The number of nitrogens with zero attached hydrogens (tertiary/aromatic N) is 3. The maximum atomic E-state index is 11.3. The van der Waals surface area contributed by atoms with Crippen molar-refractivity contribution in [3.05, 3.63) is 53.0 Å². The Labute approximate surface area is 130 Å². The molecule has 0 bridgehead atoms. The van der Waals surface area contributed by atoms with Crippen LogP contribution in [0.4, 0.5) is 5.82 Å². The monoisotopic (exact) mass is 299 g/mol. The van der Waals surface area contributed by atoms with E-state index in [1.165, 1.54) is 6.07 Å². The van der Waals surface area contributed by atoms with Crippen molar-refractivity contribution >= 4 is 11.8 Å². The van der Waals surface area contributed by atoms with Crippen LogP contribution in [0.2, 0.25) is 0 Å². The van der Waals surface area contributed by atoms with Crippen LogP contribution in [-0.4, -0.2) is 34.1 Å². The number of hydrogen-bond acceptors (Lipinski definition) is 4. The molecular formula is C17H21N3O2. The van der Waals surface area contributed by atoms with E-state index in [1.54, 1.807) is 0 Å². The zero-order chi connectivity index (χ0) is 16.1. The summed E-state index contributed by atoms with van der Waals surface area (Å²) in [6.07, 6.45) is 0.525. The van der Waals surface area contributed by atoms with Gasteiger partial charge < -0.3 is 10.0 Å². The largest absolute Gasteiger partial charge is 0.477 e. The number of carboxylic acids is 1. The Bertz CT molecular complexity index is 667. The molecule has 0 saturated heterocycles. The van der Waals surface area contributed by atoms with Gasteiger partial charge in [-0.05, 0) is 26.3 Å².